The number of carbonyl (C=O) groups excluding carboxylic acids is 1. The van der Waals surface area contributed by atoms with Gasteiger partial charge >= 0.3 is 0 Å². The Morgan fingerprint density at radius 1 is 1.44 bits per heavy atom. The summed E-state index contributed by atoms with van der Waals surface area (Å²) < 4.78 is 5.37. The van der Waals surface area contributed by atoms with Crippen LogP contribution in [0.1, 0.15) is 22.7 Å². The quantitative estimate of drug-likeness (QED) is 0.847. The van der Waals surface area contributed by atoms with E-state index < -0.39 is 0 Å². The molecule has 0 atom stereocenters. The second-order valence-corrected chi connectivity index (χ2v) is 4.95. The zero-order valence-electron chi connectivity index (χ0n) is 9.15. The molecule has 0 unspecified atom stereocenters. The highest BCUT2D eigenvalue weighted by molar-refractivity contribution is 7.99. The van der Waals surface area contributed by atoms with Crippen LogP contribution in [-0.4, -0.2) is 35.4 Å². The average molecular weight is 240 g/mol. The van der Waals surface area contributed by atoms with E-state index in [1.165, 1.54) is 0 Å². The normalized spacial score (nSPS) is 17.2. The molecule has 5 heteroatoms. The fourth-order valence-corrected chi connectivity index (χ4v) is 2.59. The van der Waals surface area contributed by atoms with Crippen molar-refractivity contribution in [2.24, 2.45) is 5.73 Å². The maximum Gasteiger partial charge on any atom is 0.289 e. The van der Waals surface area contributed by atoms with Crippen LogP contribution in [0.2, 0.25) is 0 Å². The van der Waals surface area contributed by atoms with Crippen molar-refractivity contribution >= 4 is 17.7 Å². The Bertz CT molecular complexity index is 357. The Morgan fingerprint density at radius 3 is 3.06 bits per heavy atom. The van der Waals surface area contributed by atoms with Gasteiger partial charge in [0.2, 0.25) is 0 Å². The Kier molecular flexibility index (Phi) is 3.90. The van der Waals surface area contributed by atoms with Crippen molar-refractivity contribution in [2.45, 2.75) is 13.0 Å². The third-order valence-corrected chi connectivity index (χ3v) is 3.63. The summed E-state index contributed by atoms with van der Waals surface area (Å²) in [5, 5.41) is 0. The zero-order valence-corrected chi connectivity index (χ0v) is 9.96. The molecule has 88 valence electrons. The molecule has 0 aliphatic carbocycles. The maximum absolute atomic E-state index is 12.1. The predicted octanol–water partition coefficient (Wildman–Crippen LogP) is 1.32. The van der Waals surface area contributed by atoms with Crippen molar-refractivity contribution in [1.82, 2.24) is 4.90 Å². The molecule has 1 aliphatic heterocycles. The van der Waals surface area contributed by atoms with Gasteiger partial charge in [-0.3, -0.25) is 4.79 Å². The third kappa shape index (κ3) is 2.59. The molecule has 0 bridgehead atoms. The van der Waals surface area contributed by atoms with Gasteiger partial charge in [0, 0.05) is 18.8 Å². The molecule has 1 saturated heterocycles. The second-order valence-electron chi connectivity index (χ2n) is 3.73. The van der Waals surface area contributed by atoms with Crippen molar-refractivity contribution in [3.8, 4) is 0 Å². The smallest absolute Gasteiger partial charge is 0.289 e. The van der Waals surface area contributed by atoms with Crippen molar-refractivity contribution < 1.29 is 9.21 Å². The van der Waals surface area contributed by atoms with E-state index in [4.69, 9.17) is 10.2 Å². The molecule has 2 heterocycles. The predicted molar refractivity (Wildman–Crippen MR) is 64.4 cm³/mol. The average Bonchev–Trinajstić information content (AvgIpc) is 2.62. The van der Waals surface area contributed by atoms with Gasteiger partial charge in [-0.05, 0) is 24.3 Å². The van der Waals surface area contributed by atoms with Gasteiger partial charge in [-0.15, -0.1) is 0 Å². The van der Waals surface area contributed by atoms with E-state index in [1.807, 2.05) is 16.7 Å². The van der Waals surface area contributed by atoms with Gasteiger partial charge in [-0.25, -0.2) is 0 Å². The molecule has 0 radical (unpaired) electrons. The fourth-order valence-electron chi connectivity index (χ4n) is 1.71. The monoisotopic (exact) mass is 240 g/mol. The number of amides is 1. The van der Waals surface area contributed by atoms with Crippen molar-refractivity contribution in [2.75, 3.05) is 24.6 Å². The summed E-state index contributed by atoms with van der Waals surface area (Å²) in [7, 11) is 0. The lowest BCUT2D eigenvalue weighted by Crippen LogP contribution is -2.32. The molecule has 1 amide bonds. The van der Waals surface area contributed by atoms with E-state index in [9.17, 15) is 4.79 Å². The lowest BCUT2D eigenvalue weighted by molar-refractivity contribution is 0.0735. The highest BCUT2D eigenvalue weighted by Gasteiger charge is 2.20. The molecule has 1 aromatic heterocycles. The molecular formula is C11H16N2O2S. The Labute approximate surface area is 99.2 Å². The Balaban J connectivity index is 2.05. The molecule has 16 heavy (non-hydrogen) atoms. The molecule has 1 fully saturated rings. The lowest BCUT2D eigenvalue weighted by atomic mass is 10.3. The maximum atomic E-state index is 12.1. The standard InChI is InChI=1S/C11H16N2O2S/c12-8-9-2-3-10(15-9)11(14)13-4-1-6-16-7-5-13/h2-3H,1,4-8,12H2. The Morgan fingerprint density at radius 2 is 2.31 bits per heavy atom. The first-order chi connectivity index (χ1) is 7.81. The van der Waals surface area contributed by atoms with E-state index in [1.54, 1.807) is 12.1 Å². The van der Waals surface area contributed by atoms with Crippen LogP contribution in [-0.2, 0) is 6.54 Å². The van der Waals surface area contributed by atoms with E-state index in [0.717, 1.165) is 31.0 Å². The SMILES string of the molecule is NCc1ccc(C(=O)N2CCCSCC2)o1. The van der Waals surface area contributed by atoms with Gasteiger partial charge in [0.1, 0.15) is 5.76 Å². The van der Waals surface area contributed by atoms with Crippen LogP contribution < -0.4 is 5.73 Å². The molecule has 4 nitrogen and oxygen atoms in total. The van der Waals surface area contributed by atoms with Gasteiger partial charge < -0.3 is 15.1 Å². The molecule has 1 aliphatic rings. The fraction of sp³-hybridized carbons (Fsp3) is 0.545. The number of nitrogens with zero attached hydrogens (tertiary/aromatic N) is 1. The van der Waals surface area contributed by atoms with Crippen molar-refractivity contribution in [1.29, 1.82) is 0 Å². The molecular weight excluding hydrogens is 224 g/mol. The molecule has 0 spiro atoms. The number of thioether (sulfide) groups is 1. The van der Waals surface area contributed by atoms with Crippen LogP contribution in [0.15, 0.2) is 16.5 Å². The summed E-state index contributed by atoms with van der Waals surface area (Å²) in [6.45, 7) is 1.97. The van der Waals surface area contributed by atoms with Crippen LogP contribution in [0, 0.1) is 0 Å². The van der Waals surface area contributed by atoms with E-state index >= 15 is 0 Å². The Hall–Kier alpha value is -0.940. The van der Waals surface area contributed by atoms with Gasteiger partial charge in [-0.2, -0.15) is 11.8 Å². The number of nitrogens with two attached hydrogens (primary N) is 1. The minimum absolute atomic E-state index is 0.0119. The number of rotatable bonds is 2. The summed E-state index contributed by atoms with van der Waals surface area (Å²) in [6, 6.07) is 3.47. The molecule has 2 rings (SSSR count). The van der Waals surface area contributed by atoms with Gasteiger partial charge in [0.15, 0.2) is 5.76 Å². The summed E-state index contributed by atoms with van der Waals surface area (Å²) >= 11 is 1.90. The number of hydrogen-bond donors (Lipinski definition) is 1. The van der Waals surface area contributed by atoms with Crippen molar-refractivity contribution in [3.63, 3.8) is 0 Å². The molecule has 2 N–H and O–H groups in total. The van der Waals surface area contributed by atoms with Crippen LogP contribution >= 0.6 is 11.8 Å². The van der Waals surface area contributed by atoms with Crippen LogP contribution in [0.4, 0.5) is 0 Å². The lowest BCUT2D eigenvalue weighted by Gasteiger charge is -2.18. The van der Waals surface area contributed by atoms with Crippen LogP contribution in [0.3, 0.4) is 0 Å². The number of furan rings is 1. The summed E-state index contributed by atoms with van der Waals surface area (Å²) in [4.78, 5) is 13.9. The van der Waals surface area contributed by atoms with Crippen LogP contribution in [0.5, 0.6) is 0 Å². The number of hydrogen-bond acceptors (Lipinski definition) is 4. The van der Waals surface area contributed by atoms with Crippen molar-refractivity contribution in [3.05, 3.63) is 23.7 Å². The first kappa shape index (κ1) is 11.5. The van der Waals surface area contributed by atoms with E-state index in [-0.39, 0.29) is 5.91 Å². The van der Waals surface area contributed by atoms with Gasteiger partial charge in [0.25, 0.3) is 5.91 Å². The van der Waals surface area contributed by atoms with E-state index in [0.29, 0.717) is 18.1 Å². The van der Waals surface area contributed by atoms with Gasteiger partial charge in [0.05, 0.1) is 6.54 Å². The second kappa shape index (κ2) is 5.41. The highest BCUT2D eigenvalue weighted by Crippen LogP contribution is 2.15. The summed E-state index contributed by atoms with van der Waals surface area (Å²) in [5.74, 6) is 3.20. The minimum atomic E-state index is -0.0119. The van der Waals surface area contributed by atoms with Crippen LogP contribution in [0.25, 0.3) is 0 Å². The zero-order chi connectivity index (χ0) is 11.4. The number of carbonyl (C=O) groups is 1. The first-order valence-electron chi connectivity index (χ1n) is 5.47. The first-order valence-corrected chi connectivity index (χ1v) is 6.62. The molecule has 1 aromatic rings. The highest BCUT2D eigenvalue weighted by atomic mass is 32.2. The third-order valence-electron chi connectivity index (χ3n) is 2.58. The molecule has 0 aromatic carbocycles. The largest absolute Gasteiger partial charge is 0.455 e. The molecule has 0 saturated carbocycles. The summed E-state index contributed by atoms with van der Waals surface area (Å²) in [5.41, 5.74) is 5.44. The van der Waals surface area contributed by atoms with E-state index in [2.05, 4.69) is 0 Å². The summed E-state index contributed by atoms with van der Waals surface area (Å²) in [6.07, 6.45) is 1.06. The van der Waals surface area contributed by atoms with Gasteiger partial charge in [-0.1, -0.05) is 0 Å². The topological polar surface area (TPSA) is 59.5 Å². The minimum Gasteiger partial charge on any atom is -0.455 e.